The summed E-state index contributed by atoms with van der Waals surface area (Å²) in [6, 6.07) is 19.7. The first-order chi connectivity index (χ1) is 16.9. The van der Waals surface area contributed by atoms with Crippen LogP contribution in [0.2, 0.25) is 10.0 Å². The minimum atomic E-state index is -0.386. The highest BCUT2D eigenvalue weighted by atomic mass is 35.5. The Balaban J connectivity index is 1.49. The summed E-state index contributed by atoms with van der Waals surface area (Å²) < 4.78 is 11.6. The zero-order valence-corrected chi connectivity index (χ0v) is 20.6. The SMILES string of the molecule is CCOc1cc(C=NNC(=O)CCC(=O)Nc2ccccc2Cl)ccc1OCc1ccc(Cl)cc1. The fourth-order valence-electron chi connectivity index (χ4n) is 2.97. The Morgan fingerprint density at radius 2 is 1.66 bits per heavy atom. The van der Waals surface area contributed by atoms with E-state index in [1.165, 1.54) is 6.21 Å². The number of nitrogens with one attached hydrogen (secondary N) is 2. The van der Waals surface area contributed by atoms with Gasteiger partial charge in [-0.3, -0.25) is 9.59 Å². The molecule has 35 heavy (non-hydrogen) atoms. The van der Waals surface area contributed by atoms with Crippen molar-refractivity contribution in [2.75, 3.05) is 11.9 Å². The molecule has 7 nitrogen and oxygen atoms in total. The molecule has 0 aliphatic carbocycles. The normalized spacial score (nSPS) is 10.7. The highest BCUT2D eigenvalue weighted by Gasteiger charge is 2.09. The maximum atomic E-state index is 12.0. The van der Waals surface area contributed by atoms with Crippen LogP contribution in [0.5, 0.6) is 11.5 Å². The Bertz CT molecular complexity index is 1180. The monoisotopic (exact) mass is 513 g/mol. The first kappa shape index (κ1) is 26.1. The van der Waals surface area contributed by atoms with E-state index in [1.807, 2.05) is 31.2 Å². The van der Waals surface area contributed by atoms with Gasteiger partial charge < -0.3 is 14.8 Å². The first-order valence-electron chi connectivity index (χ1n) is 10.9. The number of hydrogen-bond acceptors (Lipinski definition) is 5. The Morgan fingerprint density at radius 1 is 0.914 bits per heavy atom. The molecule has 2 amide bonds. The van der Waals surface area contributed by atoms with Gasteiger partial charge in [0.2, 0.25) is 11.8 Å². The van der Waals surface area contributed by atoms with E-state index >= 15 is 0 Å². The Morgan fingerprint density at radius 3 is 2.40 bits per heavy atom. The topological polar surface area (TPSA) is 89.0 Å². The minimum Gasteiger partial charge on any atom is -0.490 e. The van der Waals surface area contributed by atoms with Gasteiger partial charge in [0.05, 0.1) is 23.5 Å². The second-order valence-electron chi connectivity index (χ2n) is 7.38. The zero-order chi connectivity index (χ0) is 25.0. The number of halogens is 2. The van der Waals surface area contributed by atoms with E-state index in [-0.39, 0.29) is 24.7 Å². The first-order valence-corrected chi connectivity index (χ1v) is 11.7. The van der Waals surface area contributed by atoms with Crippen LogP contribution in [0.3, 0.4) is 0 Å². The van der Waals surface area contributed by atoms with Crippen LogP contribution in [0.1, 0.15) is 30.9 Å². The maximum absolute atomic E-state index is 12.0. The average Bonchev–Trinajstić information content (AvgIpc) is 2.85. The summed E-state index contributed by atoms with van der Waals surface area (Å²) in [5.74, 6) is 0.455. The van der Waals surface area contributed by atoms with Gasteiger partial charge >= 0.3 is 0 Å². The predicted molar refractivity (Wildman–Crippen MR) is 138 cm³/mol. The van der Waals surface area contributed by atoms with Crippen molar-refractivity contribution in [1.29, 1.82) is 0 Å². The number of anilines is 1. The Kier molecular flexibility index (Phi) is 9.95. The Labute approximate surface area is 214 Å². The van der Waals surface area contributed by atoms with E-state index in [4.69, 9.17) is 32.7 Å². The van der Waals surface area contributed by atoms with Gasteiger partial charge in [0.25, 0.3) is 0 Å². The lowest BCUT2D eigenvalue weighted by atomic mass is 10.2. The number of carbonyl (C=O) groups is 2. The molecule has 0 heterocycles. The third-order valence-corrected chi connectivity index (χ3v) is 5.29. The number of nitrogens with zero attached hydrogens (tertiary/aromatic N) is 1. The standard InChI is InChI=1S/C26H25Cl2N3O4/c1-2-34-24-15-19(9-12-23(24)35-17-18-7-10-20(27)11-8-18)16-29-31-26(33)14-13-25(32)30-22-6-4-3-5-21(22)28/h3-12,15-16H,2,13-14,17H2,1H3,(H,30,32)(H,31,33). The lowest BCUT2D eigenvalue weighted by molar-refractivity contribution is -0.124. The third-order valence-electron chi connectivity index (χ3n) is 4.71. The van der Waals surface area contributed by atoms with Gasteiger partial charge in [-0.05, 0) is 60.5 Å². The number of hydrazone groups is 1. The fourth-order valence-corrected chi connectivity index (χ4v) is 3.28. The van der Waals surface area contributed by atoms with Crippen molar-refractivity contribution in [3.8, 4) is 11.5 Å². The molecule has 0 aliphatic rings. The maximum Gasteiger partial charge on any atom is 0.240 e. The van der Waals surface area contributed by atoms with Crippen LogP contribution in [0.15, 0.2) is 71.8 Å². The van der Waals surface area contributed by atoms with Crippen LogP contribution in [0.4, 0.5) is 5.69 Å². The molecule has 3 rings (SSSR count). The van der Waals surface area contributed by atoms with Gasteiger partial charge in [-0.25, -0.2) is 5.43 Å². The number of ether oxygens (including phenoxy) is 2. The van der Waals surface area contributed by atoms with E-state index in [9.17, 15) is 9.59 Å². The molecule has 0 aliphatic heterocycles. The van der Waals surface area contributed by atoms with Crippen molar-refractivity contribution >= 4 is 46.9 Å². The van der Waals surface area contributed by atoms with Crippen molar-refractivity contribution in [2.45, 2.75) is 26.4 Å². The van der Waals surface area contributed by atoms with Crippen molar-refractivity contribution < 1.29 is 19.1 Å². The summed E-state index contributed by atoms with van der Waals surface area (Å²) in [5, 5.41) is 7.74. The van der Waals surface area contributed by atoms with E-state index < -0.39 is 0 Å². The largest absolute Gasteiger partial charge is 0.490 e. The van der Waals surface area contributed by atoms with E-state index in [1.54, 1.807) is 42.5 Å². The second-order valence-corrected chi connectivity index (χ2v) is 8.22. The van der Waals surface area contributed by atoms with Crippen LogP contribution < -0.4 is 20.2 Å². The number of carbonyl (C=O) groups excluding carboxylic acids is 2. The lowest BCUT2D eigenvalue weighted by Crippen LogP contribution is -2.20. The van der Waals surface area contributed by atoms with Gasteiger partial charge in [0, 0.05) is 17.9 Å². The molecular weight excluding hydrogens is 489 g/mol. The van der Waals surface area contributed by atoms with Gasteiger partial charge in [0.1, 0.15) is 6.61 Å². The summed E-state index contributed by atoms with van der Waals surface area (Å²) in [5.41, 5.74) is 4.61. The van der Waals surface area contributed by atoms with Gasteiger partial charge in [-0.1, -0.05) is 47.5 Å². The van der Waals surface area contributed by atoms with E-state index in [2.05, 4.69) is 15.8 Å². The molecule has 3 aromatic rings. The number of rotatable bonds is 11. The molecule has 0 saturated heterocycles. The molecule has 2 N–H and O–H groups in total. The zero-order valence-electron chi connectivity index (χ0n) is 19.1. The molecule has 0 unspecified atom stereocenters. The summed E-state index contributed by atoms with van der Waals surface area (Å²) >= 11 is 11.9. The van der Waals surface area contributed by atoms with Gasteiger partial charge in [-0.15, -0.1) is 0 Å². The fraction of sp³-hybridized carbons (Fsp3) is 0.192. The van der Waals surface area contributed by atoms with Crippen molar-refractivity contribution in [3.63, 3.8) is 0 Å². The van der Waals surface area contributed by atoms with Crippen LogP contribution in [0.25, 0.3) is 0 Å². The third kappa shape index (κ3) is 8.63. The smallest absolute Gasteiger partial charge is 0.240 e. The molecule has 0 radical (unpaired) electrons. The highest BCUT2D eigenvalue weighted by Crippen LogP contribution is 2.29. The predicted octanol–water partition coefficient (Wildman–Crippen LogP) is 5.84. The second kappa shape index (κ2) is 13.4. The molecule has 0 bridgehead atoms. The Hall–Kier alpha value is -3.55. The van der Waals surface area contributed by atoms with Crippen molar-refractivity contribution in [2.24, 2.45) is 5.10 Å². The van der Waals surface area contributed by atoms with Crippen LogP contribution in [-0.2, 0) is 16.2 Å². The van der Waals surface area contributed by atoms with E-state index in [0.29, 0.717) is 46.0 Å². The molecule has 0 atom stereocenters. The molecule has 0 spiro atoms. The number of para-hydroxylation sites is 1. The van der Waals surface area contributed by atoms with Crippen LogP contribution >= 0.6 is 23.2 Å². The van der Waals surface area contributed by atoms with Gasteiger partial charge in [0.15, 0.2) is 11.5 Å². The molecule has 0 saturated carbocycles. The van der Waals surface area contributed by atoms with Crippen LogP contribution in [-0.4, -0.2) is 24.6 Å². The summed E-state index contributed by atoms with van der Waals surface area (Å²) in [6.45, 7) is 2.71. The average molecular weight is 514 g/mol. The summed E-state index contributed by atoms with van der Waals surface area (Å²) in [4.78, 5) is 24.1. The molecular formula is C26H25Cl2N3O4. The van der Waals surface area contributed by atoms with Crippen molar-refractivity contribution in [3.05, 3.63) is 87.9 Å². The number of hydrogen-bond donors (Lipinski definition) is 2. The quantitative estimate of drug-likeness (QED) is 0.249. The summed E-state index contributed by atoms with van der Waals surface area (Å²) in [7, 11) is 0. The molecule has 9 heteroatoms. The molecule has 0 aromatic heterocycles. The molecule has 3 aromatic carbocycles. The molecule has 182 valence electrons. The van der Waals surface area contributed by atoms with Crippen molar-refractivity contribution in [1.82, 2.24) is 5.43 Å². The highest BCUT2D eigenvalue weighted by molar-refractivity contribution is 6.33. The molecule has 0 fully saturated rings. The number of amides is 2. The van der Waals surface area contributed by atoms with Gasteiger partial charge in [-0.2, -0.15) is 5.10 Å². The van der Waals surface area contributed by atoms with E-state index in [0.717, 1.165) is 5.56 Å². The van der Waals surface area contributed by atoms with Crippen LogP contribution in [0, 0.1) is 0 Å². The summed E-state index contributed by atoms with van der Waals surface area (Å²) in [6.07, 6.45) is 1.48. The number of benzene rings is 3. The lowest BCUT2D eigenvalue weighted by Gasteiger charge is -2.12. The minimum absolute atomic E-state index is 0.000714.